The van der Waals surface area contributed by atoms with E-state index in [1.165, 1.54) is 11.1 Å². The van der Waals surface area contributed by atoms with E-state index >= 15 is 0 Å². The van der Waals surface area contributed by atoms with Crippen LogP contribution in [0.1, 0.15) is 17.0 Å². The number of hydrogen-bond acceptors (Lipinski definition) is 4. The summed E-state index contributed by atoms with van der Waals surface area (Å²) in [7, 11) is 0. The van der Waals surface area contributed by atoms with Crippen LogP contribution in [0.2, 0.25) is 0 Å². The van der Waals surface area contributed by atoms with Crippen LogP contribution in [0.3, 0.4) is 0 Å². The molecular weight excluding hydrogens is 364 g/mol. The molecule has 0 saturated carbocycles. The molecule has 0 spiro atoms. The topological polar surface area (TPSA) is 49.8 Å². The summed E-state index contributed by atoms with van der Waals surface area (Å²) < 4.78 is 1.02. The average Bonchev–Trinajstić information content (AvgIpc) is 2.52. The third-order valence-corrected chi connectivity index (χ3v) is 3.98. The van der Waals surface area contributed by atoms with Gasteiger partial charge in [-0.3, -0.25) is 0 Å². The summed E-state index contributed by atoms with van der Waals surface area (Å²) in [4.78, 5) is 8.91. The number of benzene rings is 2. The van der Waals surface area contributed by atoms with Crippen molar-refractivity contribution in [3.8, 4) is 0 Å². The molecule has 0 aliphatic rings. The number of rotatable bonds is 5. The molecule has 2 aromatic carbocycles. The second-order valence-electron chi connectivity index (χ2n) is 5.66. The Bertz CT molecular complexity index is 848. The molecule has 0 amide bonds. The first kappa shape index (κ1) is 16.5. The van der Waals surface area contributed by atoms with Crippen molar-refractivity contribution in [3.05, 3.63) is 76.0 Å². The maximum absolute atomic E-state index is 4.46. The third-order valence-electron chi connectivity index (χ3n) is 3.49. The van der Waals surface area contributed by atoms with Gasteiger partial charge in [0.1, 0.15) is 17.5 Å². The second kappa shape index (κ2) is 7.45. The number of nitrogens with one attached hydrogen (secondary N) is 2. The molecule has 1 heterocycles. The minimum atomic E-state index is 0.724. The highest BCUT2D eigenvalue weighted by molar-refractivity contribution is 9.10. The molecule has 5 heteroatoms. The summed E-state index contributed by atoms with van der Waals surface area (Å²) >= 11 is 3.48. The predicted octanol–water partition coefficient (Wildman–Crippen LogP) is 5.21. The van der Waals surface area contributed by atoms with Gasteiger partial charge in [-0.2, -0.15) is 0 Å². The van der Waals surface area contributed by atoms with E-state index in [1.807, 2.05) is 37.3 Å². The van der Waals surface area contributed by atoms with Crippen molar-refractivity contribution in [2.24, 2.45) is 0 Å². The lowest BCUT2D eigenvalue weighted by Crippen LogP contribution is -2.05. The van der Waals surface area contributed by atoms with E-state index in [-0.39, 0.29) is 0 Å². The van der Waals surface area contributed by atoms with Crippen molar-refractivity contribution in [3.63, 3.8) is 0 Å². The lowest BCUT2D eigenvalue weighted by atomic mass is 10.1. The molecular formula is C19H19BrN4. The number of aryl methyl sites for hydroxylation is 2. The van der Waals surface area contributed by atoms with Crippen molar-refractivity contribution in [2.45, 2.75) is 20.4 Å². The molecule has 24 heavy (non-hydrogen) atoms. The highest BCUT2D eigenvalue weighted by Gasteiger charge is 2.03. The van der Waals surface area contributed by atoms with Crippen LogP contribution in [0, 0.1) is 13.8 Å². The van der Waals surface area contributed by atoms with Gasteiger partial charge in [0.25, 0.3) is 0 Å². The molecule has 3 aromatic rings. The quantitative estimate of drug-likeness (QED) is 0.635. The Morgan fingerprint density at radius 3 is 2.50 bits per heavy atom. The number of hydrogen-bond donors (Lipinski definition) is 2. The standard InChI is InChI=1S/C19H19BrN4/c1-13-5-3-6-15(9-13)12-21-18-11-19(23-14(2)22-18)24-17-8-4-7-16(20)10-17/h3-11H,12H2,1-2H3,(H2,21,22,23,24). The summed E-state index contributed by atoms with van der Waals surface area (Å²) in [6.45, 7) is 4.72. The van der Waals surface area contributed by atoms with Gasteiger partial charge in [-0.05, 0) is 37.6 Å². The fourth-order valence-corrected chi connectivity index (χ4v) is 2.85. The van der Waals surface area contributed by atoms with E-state index in [1.54, 1.807) is 0 Å². The molecule has 0 aliphatic heterocycles. The zero-order chi connectivity index (χ0) is 16.9. The SMILES string of the molecule is Cc1cccc(CNc2cc(Nc3cccc(Br)c3)nc(C)n2)c1. The fourth-order valence-electron chi connectivity index (χ4n) is 2.45. The number of aromatic nitrogens is 2. The zero-order valence-corrected chi connectivity index (χ0v) is 15.3. The molecule has 4 nitrogen and oxygen atoms in total. The highest BCUT2D eigenvalue weighted by Crippen LogP contribution is 2.21. The molecule has 1 aromatic heterocycles. The molecule has 0 aliphatic carbocycles. The van der Waals surface area contributed by atoms with Crippen molar-refractivity contribution in [1.29, 1.82) is 0 Å². The molecule has 0 saturated heterocycles. The lowest BCUT2D eigenvalue weighted by molar-refractivity contribution is 1.02. The van der Waals surface area contributed by atoms with E-state index in [4.69, 9.17) is 0 Å². The van der Waals surface area contributed by atoms with Crippen LogP contribution in [0.5, 0.6) is 0 Å². The van der Waals surface area contributed by atoms with Crippen LogP contribution < -0.4 is 10.6 Å². The smallest absolute Gasteiger partial charge is 0.136 e. The van der Waals surface area contributed by atoms with Gasteiger partial charge in [-0.1, -0.05) is 51.8 Å². The first-order valence-electron chi connectivity index (χ1n) is 7.76. The van der Waals surface area contributed by atoms with E-state index < -0.39 is 0 Å². The van der Waals surface area contributed by atoms with E-state index in [9.17, 15) is 0 Å². The monoisotopic (exact) mass is 382 g/mol. The number of halogens is 1. The molecule has 0 fully saturated rings. The molecule has 2 N–H and O–H groups in total. The number of nitrogens with zero attached hydrogens (tertiary/aromatic N) is 2. The molecule has 0 atom stereocenters. The first-order chi connectivity index (χ1) is 11.6. The Morgan fingerprint density at radius 2 is 1.71 bits per heavy atom. The molecule has 3 rings (SSSR count). The van der Waals surface area contributed by atoms with Crippen molar-refractivity contribution in [1.82, 2.24) is 9.97 Å². The minimum absolute atomic E-state index is 0.724. The first-order valence-corrected chi connectivity index (χ1v) is 8.55. The van der Waals surface area contributed by atoms with Crippen LogP contribution in [-0.4, -0.2) is 9.97 Å². The summed E-state index contributed by atoms with van der Waals surface area (Å²) in [5.74, 6) is 2.30. The molecule has 122 valence electrons. The van der Waals surface area contributed by atoms with Gasteiger partial charge >= 0.3 is 0 Å². The summed E-state index contributed by atoms with van der Waals surface area (Å²) in [6.07, 6.45) is 0. The van der Waals surface area contributed by atoms with Crippen LogP contribution in [-0.2, 0) is 6.54 Å². The van der Waals surface area contributed by atoms with E-state index in [0.717, 1.165) is 34.2 Å². The second-order valence-corrected chi connectivity index (χ2v) is 6.58. The van der Waals surface area contributed by atoms with Crippen LogP contribution in [0.25, 0.3) is 0 Å². The van der Waals surface area contributed by atoms with Gasteiger partial charge < -0.3 is 10.6 Å². The normalized spacial score (nSPS) is 10.5. The Hall–Kier alpha value is -2.40. The van der Waals surface area contributed by atoms with Gasteiger partial charge in [0, 0.05) is 22.8 Å². The zero-order valence-electron chi connectivity index (χ0n) is 13.7. The van der Waals surface area contributed by atoms with Gasteiger partial charge in [-0.25, -0.2) is 9.97 Å². The van der Waals surface area contributed by atoms with Gasteiger partial charge in [0.2, 0.25) is 0 Å². The van der Waals surface area contributed by atoms with Crippen LogP contribution >= 0.6 is 15.9 Å². The van der Waals surface area contributed by atoms with E-state index in [2.05, 4.69) is 67.7 Å². The largest absolute Gasteiger partial charge is 0.366 e. The maximum atomic E-state index is 4.46. The van der Waals surface area contributed by atoms with E-state index in [0.29, 0.717) is 0 Å². The van der Waals surface area contributed by atoms with Gasteiger partial charge in [0.15, 0.2) is 0 Å². The highest BCUT2D eigenvalue weighted by atomic mass is 79.9. The summed E-state index contributed by atoms with van der Waals surface area (Å²) in [5, 5.41) is 6.68. The number of anilines is 3. The molecule has 0 unspecified atom stereocenters. The predicted molar refractivity (Wildman–Crippen MR) is 103 cm³/mol. The summed E-state index contributed by atoms with van der Waals surface area (Å²) in [6, 6.07) is 18.3. The van der Waals surface area contributed by atoms with Crippen LogP contribution in [0.4, 0.5) is 17.3 Å². The molecule has 0 bridgehead atoms. The van der Waals surface area contributed by atoms with Crippen LogP contribution in [0.15, 0.2) is 59.1 Å². The Balaban J connectivity index is 1.73. The Labute approximate surface area is 150 Å². The minimum Gasteiger partial charge on any atom is -0.366 e. The van der Waals surface area contributed by atoms with Crippen molar-refractivity contribution >= 4 is 33.3 Å². The van der Waals surface area contributed by atoms with Crippen molar-refractivity contribution in [2.75, 3.05) is 10.6 Å². The van der Waals surface area contributed by atoms with Gasteiger partial charge in [-0.15, -0.1) is 0 Å². The fraction of sp³-hybridized carbons (Fsp3) is 0.158. The average molecular weight is 383 g/mol. The lowest BCUT2D eigenvalue weighted by Gasteiger charge is -2.11. The third kappa shape index (κ3) is 4.55. The maximum Gasteiger partial charge on any atom is 0.136 e. The Kier molecular flexibility index (Phi) is 5.11. The Morgan fingerprint density at radius 1 is 0.917 bits per heavy atom. The molecule has 0 radical (unpaired) electrons. The summed E-state index contributed by atoms with van der Waals surface area (Å²) in [5.41, 5.74) is 3.46. The van der Waals surface area contributed by atoms with Gasteiger partial charge in [0.05, 0.1) is 0 Å². The van der Waals surface area contributed by atoms with Crippen molar-refractivity contribution < 1.29 is 0 Å².